The molecular formula is C10H12FNO. The van der Waals surface area contributed by atoms with Gasteiger partial charge in [0.15, 0.2) is 0 Å². The van der Waals surface area contributed by atoms with E-state index < -0.39 is 5.54 Å². The van der Waals surface area contributed by atoms with E-state index in [0.29, 0.717) is 18.4 Å². The largest absolute Gasteiger partial charge is 0.394 e. The van der Waals surface area contributed by atoms with E-state index in [2.05, 4.69) is 0 Å². The van der Waals surface area contributed by atoms with E-state index in [1.807, 2.05) is 0 Å². The molecule has 0 fully saturated rings. The van der Waals surface area contributed by atoms with Crippen molar-refractivity contribution in [2.45, 2.75) is 18.4 Å². The smallest absolute Gasteiger partial charge is 0.126 e. The molecule has 2 nitrogen and oxygen atoms in total. The summed E-state index contributed by atoms with van der Waals surface area (Å²) in [6.07, 6.45) is 1.25. The van der Waals surface area contributed by atoms with Crippen molar-refractivity contribution in [2.75, 3.05) is 6.61 Å². The highest BCUT2D eigenvalue weighted by atomic mass is 19.1. The zero-order chi connectivity index (χ0) is 9.47. The van der Waals surface area contributed by atoms with Crippen LogP contribution in [0.2, 0.25) is 0 Å². The van der Waals surface area contributed by atoms with Crippen molar-refractivity contribution in [3.05, 3.63) is 35.1 Å². The molecule has 1 aromatic rings. The first kappa shape index (κ1) is 8.66. The molecule has 1 atom stereocenters. The first-order valence-corrected chi connectivity index (χ1v) is 4.35. The second kappa shape index (κ2) is 2.79. The predicted octanol–water partition coefficient (Wildman–Crippen LogP) is 0.918. The summed E-state index contributed by atoms with van der Waals surface area (Å²) in [5, 5.41) is 9.12. The molecule has 0 saturated heterocycles. The summed E-state index contributed by atoms with van der Waals surface area (Å²) in [5.74, 6) is -0.210. The van der Waals surface area contributed by atoms with Crippen LogP contribution in [0.15, 0.2) is 18.2 Å². The Labute approximate surface area is 76.2 Å². The summed E-state index contributed by atoms with van der Waals surface area (Å²) in [4.78, 5) is 0. The Morgan fingerprint density at radius 2 is 2.31 bits per heavy atom. The van der Waals surface area contributed by atoms with Gasteiger partial charge in [-0.15, -0.1) is 0 Å². The van der Waals surface area contributed by atoms with Crippen molar-refractivity contribution >= 4 is 0 Å². The molecular weight excluding hydrogens is 169 g/mol. The minimum atomic E-state index is -0.725. The molecule has 3 N–H and O–H groups in total. The van der Waals surface area contributed by atoms with E-state index in [0.717, 1.165) is 5.56 Å². The molecule has 0 radical (unpaired) electrons. The van der Waals surface area contributed by atoms with Crippen molar-refractivity contribution in [2.24, 2.45) is 5.73 Å². The molecule has 0 amide bonds. The molecule has 13 heavy (non-hydrogen) atoms. The van der Waals surface area contributed by atoms with Crippen molar-refractivity contribution in [3.8, 4) is 0 Å². The second-order valence-corrected chi connectivity index (χ2v) is 3.58. The Hall–Kier alpha value is -0.930. The Morgan fingerprint density at radius 1 is 1.54 bits per heavy atom. The third kappa shape index (κ3) is 1.16. The van der Waals surface area contributed by atoms with Gasteiger partial charge in [0, 0.05) is 0 Å². The maximum atomic E-state index is 13.2. The van der Waals surface area contributed by atoms with E-state index >= 15 is 0 Å². The fourth-order valence-electron chi connectivity index (χ4n) is 1.93. The number of hydrogen-bond acceptors (Lipinski definition) is 2. The van der Waals surface area contributed by atoms with E-state index in [4.69, 9.17) is 10.8 Å². The van der Waals surface area contributed by atoms with Crippen molar-refractivity contribution in [1.82, 2.24) is 0 Å². The van der Waals surface area contributed by atoms with Gasteiger partial charge in [-0.05, 0) is 30.0 Å². The number of rotatable bonds is 1. The summed E-state index contributed by atoms with van der Waals surface area (Å²) in [6.45, 7) is -0.122. The van der Waals surface area contributed by atoms with Gasteiger partial charge in [-0.2, -0.15) is 0 Å². The second-order valence-electron chi connectivity index (χ2n) is 3.58. The summed E-state index contributed by atoms with van der Waals surface area (Å²) in [5.41, 5.74) is 6.62. The highest BCUT2D eigenvalue weighted by molar-refractivity contribution is 5.39. The van der Waals surface area contributed by atoms with Gasteiger partial charge in [-0.1, -0.05) is 12.1 Å². The molecule has 0 bridgehead atoms. The fourth-order valence-corrected chi connectivity index (χ4v) is 1.93. The Kier molecular flexibility index (Phi) is 1.86. The molecule has 2 rings (SSSR count). The molecule has 0 heterocycles. The number of aliphatic hydroxyl groups excluding tert-OH is 1. The molecule has 0 aromatic heterocycles. The van der Waals surface area contributed by atoms with Gasteiger partial charge in [-0.25, -0.2) is 4.39 Å². The van der Waals surface area contributed by atoms with Gasteiger partial charge in [0.05, 0.1) is 12.1 Å². The highest BCUT2D eigenvalue weighted by Crippen LogP contribution is 2.35. The van der Waals surface area contributed by atoms with Crippen LogP contribution in [0.25, 0.3) is 0 Å². The van der Waals surface area contributed by atoms with Crippen LogP contribution in [0.3, 0.4) is 0 Å². The molecule has 0 aliphatic heterocycles. The highest BCUT2D eigenvalue weighted by Gasteiger charge is 2.35. The van der Waals surface area contributed by atoms with Crippen molar-refractivity contribution in [1.29, 1.82) is 0 Å². The molecule has 1 aliphatic carbocycles. The lowest BCUT2D eigenvalue weighted by Crippen LogP contribution is -2.38. The van der Waals surface area contributed by atoms with Gasteiger partial charge in [0.2, 0.25) is 0 Å². The van der Waals surface area contributed by atoms with Crippen LogP contribution in [0.4, 0.5) is 4.39 Å². The third-order valence-electron chi connectivity index (χ3n) is 2.76. The van der Waals surface area contributed by atoms with Gasteiger partial charge in [0.1, 0.15) is 5.82 Å². The topological polar surface area (TPSA) is 46.2 Å². The Balaban J connectivity index is 2.55. The summed E-state index contributed by atoms with van der Waals surface area (Å²) in [7, 11) is 0. The predicted molar refractivity (Wildman–Crippen MR) is 47.7 cm³/mol. The van der Waals surface area contributed by atoms with E-state index in [1.165, 1.54) is 6.07 Å². The van der Waals surface area contributed by atoms with Crippen LogP contribution in [0.1, 0.15) is 17.5 Å². The summed E-state index contributed by atoms with van der Waals surface area (Å²) < 4.78 is 13.2. The van der Waals surface area contributed by atoms with Crippen LogP contribution in [0, 0.1) is 5.82 Å². The third-order valence-corrected chi connectivity index (χ3v) is 2.76. The summed E-state index contributed by atoms with van der Waals surface area (Å²) in [6, 6.07) is 4.86. The quantitative estimate of drug-likeness (QED) is 0.676. The number of nitrogens with two attached hydrogens (primary N) is 1. The zero-order valence-electron chi connectivity index (χ0n) is 7.26. The lowest BCUT2D eigenvalue weighted by atomic mass is 9.94. The number of fused-ring (bicyclic) bond motifs is 1. The average molecular weight is 181 g/mol. The van der Waals surface area contributed by atoms with Crippen molar-refractivity contribution in [3.63, 3.8) is 0 Å². The van der Waals surface area contributed by atoms with Crippen LogP contribution < -0.4 is 5.73 Å². The van der Waals surface area contributed by atoms with Crippen LogP contribution in [0.5, 0.6) is 0 Å². The van der Waals surface area contributed by atoms with E-state index in [1.54, 1.807) is 12.1 Å². The maximum Gasteiger partial charge on any atom is 0.126 e. The van der Waals surface area contributed by atoms with Gasteiger partial charge in [0.25, 0.3) is 0 Å². The lowest BCUT2D eigenvalue weighted by molar-refractivity contribution is 0.197. The zero-order valence-corrected chi connectivity index (χ0v) is 7.26. The average Bonchev–Trinajstić information content (AvgIpc) is 2.47. The van der Waals surface area contributed by atoms with Gasteiger partial charge >= 0.3 is 0 Å². The summed E-state index contributed by atoms with van der Waals surface area (Å²) >= 11 is 0. The van der Waals surface area contributed by atoms with Gasteiger partial charge in [-0.3, -0.25) is 0 Å². The van der Waals surface area contributed by atoms with E-state index in [-0.39, 0.29) is 12.4 Å². The number of aliphatic hydroxyl groups is 1. The SMILES string of the molecule is NC1(CO)CCc2c(F)cccc21. The molecule has 1 aliphatic rings. The first-order valence-electron chi connectivity index (χ1n) is 4.35. The molecule has 1 aromatic carbocycles. The van der Waals surface area contributed by atoms with Crippen LogP contribution in [-0.2, 0) is 12.0 Å². The minimum Gasteiger partial charge on any atom is -0.394 e. The monoisotopic (exact) mass is 181 g/mol. The number of benzene rings is 1. The molecule has 3 heteroatoms. The van der Waals surface area contributed by atoms with Crippen molar-refractivity contribution < 1.29 is 9.50 Å². The van der Waals surface area contributed by atoms with Crippen LogP contribution in [-0.4, -0.2) is 11.7 Å². The van der Waals surface area contributed by atoms with Crippen LogP contribution >= 0.6 is 0 Å². The number of hydrogen-bond donors (Lipinski definition) is 2. The molecule has 70 valence electrons. The minimum absolute atomic E-state index is 0.122. The molecule has 0 saturated carbocycles. The van der Waals surface area contributed by atoms with Gasteiger partial charge < -0.3 is 10.8 Å². The molecule has 1 unspecified atom stereocenters. The van der Waals surface area contributed by atoms with E-state index in [9.17, 15) is 4.39 Å². The standard InChI is InChI=1S/C10H12FNO/c11-9-3-1-2-8-7(9)4-5-10(8,12)6-13/h1-3,13H,4-6,12H2. The lowest BCUT2D eigenvalue weighted by Gasteiger charge is -2.21. The maximum absolute atomic E-state index is 13.2. The first-order chi connectivity index (χ1) is 6.17. The Morgan fingerprint density at radius 3 is 3.00 bits per heavy atom. The fraction of sp³-hybridized carbons (Fsp3) is 0.400. The molecule has 0 spiro atoms. The number of halogens is 1. The Bertz CT molecular complexity index is 340. The normalized spacial score (nSPS) is 26.1.